The van der Waals surface area contributed by atoms with Crippen LogP contribution in [-0.4, -0.2) is 39.9 Å². The van der Waals surface area contributed by atoms with Crippen molar-refractivity contribution in [3.05, 3.63) is 90.0 Å². The molecule has 0 saturated heterocycles. The molecule has 0 N–H and O–H groups in total. The van der Waals surface area contributed by atoms with Gasteiger partial charge in [-0.25, -0.2) is 4.98 Å². The van der Waals surface area contributed by atoms with E-state index in [-0.39, 0.29) is 11.3 Å². The van der Waals surface area contributed by atoms with E-state index in [4.69, 9.17) is 15.2 Å². The van der Waals surface area contributed by atoms with Gasteiger partial charge in [-0.15, -0.1) is 5.10 Å². The van der Waals surface area contributed by atoms with Gasteiger partial charge in [0.25, 0.3) is 0 Å². The zero-order valence-electron chi connectivity index (χ0n) is 18.8. The van der Waals surface area contributed by atoms with Crippen molar-refractivity contribution in [2.45, 2.75) is 23.4 Å². The van der Waals surface area contributed by atoms with Gasteiger partial charge >= 0.3 is 0 Å². The number of benzene rings is 3. The molecule has 2 aliphatic heterocycles. The van der Waals surface area contributed by atoms with Crippen LogP contribution in [0.2, 0.25) is 0 Å². The smallest absolute Gasteiger partial charge is 0.193 e. The molecule has 6 nitrogen and oxygen atoms in total. The molecule has 0 aliphatic carbocycles. The van der Waals surface area contributed by atoms with Crippen LogP contribution in [0.3, 0.4) is 0 Å². The lowest BCUT2D eigenvalue weighted by Gasteiger charge is -2.27. The number of fused-ring (bicyclic) bond motifs is 3. The number of anilines is 2. The van der Waals surface area contributed by atoms with E-state index in [1.165, 1.54) is 16.8 Å². The molecule has 0 unspecified atom stereocenters. The van der Waals surface area contributed by atoms with E-state index in [0.717, 1.165) is 28.1 Å². The number of nitrogens with zero attached hydrogens (tertiary/aromatic N) is 6. The molecule has 1 aromatic heterocycles. The van der Waals surface area contributed by atoms with Crippen LogP contribution >= 0.6 is 11.8 Å². The first-order chi connectivity index (χ1) is 16.1. The largest absolute Gasteiger partial charge is 0.378 e. The lowest BCUT2D eigenvalue weighted by Crippen LogP contribution is -2.27. The van der Waals surface area contributed by atoms with Gasteiger partial charge in [0.05, 0.1) is 11.7 Å². The highest BCUT2D eigenvalue weighted by Crippen LogP contribution is 2.47. The summed E-state index contributed by atoms with van der Waals surface area (Å²) >= 11 is 1.74. The molecular formula is C26H24N6S. The quantitative estimate of drug-likeness (QED) is 0.425. The van der Waals surface area contributed by atoms with Crippen molar-refractivity contribution in [3.63, 3.8) is 0 Å². The van der Waals surface area contributed by atoms with Crippen LogP contribution < -0.4 is 9.91 Å². The zero-order chi connectivity index (χ0) is 22.5. The molecule has 2 atom stereocenters. The van der Waals surface area contributed by atoms with E-state index in [1.807, 2.05) is 10.7 Å². The van der Waals surface area contributed by atoms with Gasteiger partial charge in [0.15, 0.2) is 16.8 Å². The third-order valence-corrected chi connectivity index (χ3v) is 7.32. The lowest BCUT2D eigenvalue weighted by molar-refractivity contribution is 0.718. The predicted octanol–water partition coefficient (Wildman–Crippen LogP) is 5.22. The van der Waals surface area contributed by atoms with Crippen molar-refractivity contribution < 1.29 is 0 Å². The van der Waals surface area contributed by atoms with Crippen LogP contribution in [0.4, 0.5) is 11.4 Å². The molecule has 6 rings (SSSR count). The van der Waals surface area contributed by atoms with Crippen LogP contribution in [0.1, 0.15) is 17.2 Å². The molecule has 7 heteroatoms. The van der Waals surface area contributed by atoms with Crippen molar-refractivity contribution in [3.8, 4) is 11.4 Å². The maximum atomic E-state index is 5.08. The van der Waals surface area contributed by atoms with E-state index < -0.39 is 0 Å². The van der Waals surface area contributed by atoms with E-state index in [9.17, 15) is 0 Å². The molecular weight excluding hydrogens is 428 g/mol. The van der Waals surface area contributed by atoms with Gasteiger partial charge in [0, 0.05) is 25.3 Å². The molecule has 2 aliphatic rings. The highest BCUT2D eigenvalue weighted by Gasteiger charge is 2.47. The van der Waals surface area contributed by atoms with Gasteiger partial charge in [-0.05, 0) is 36.8 Å². The van der Waals surface area contributed by atoms with Gasteiger partial charge in [0.2, 0.25) is 0 Å². The Morgan fingerprint density at radius 3 is 2.30 bits per heavy atom. The molecule has 0 saturated carbocycles. The van der Waals surface area contributed by atoms with Crippen LogP contribution in [0.15, 0.2) is 89.1 Å². The van der Waals surface area contributed by atoms with E-state index in [0.29, 0.717) is 0 Å². The van der Waals surface area contributed by atoms with E-state index >= 15 is 0 Å². The predicted molar refractivity (Wildman–Crippen MR) is 135 cm³/mol. The Morgan fingerprint density at radius 2 is 1.61 bits per heavy atom. The first-order valence-electron chi connectivity index (χ1n) is 11.0. The summed E-state index contributed by atoms with van der Waals surface area (Å²) in [7, 11) is 4.12. The minimum atomic E-state index is 0.0648. The molecule has 164 valence electrons. The van der Waals surface area contributed by atoms with Crippen LogP contribution in [0.25, 0.3) is 11.4 Å². The SMILES string of the molecule is Cc1ccc(-c2nc3n(n2)C2=NN(c4ccccc4)[C@@H](c4ccc(N(C)C)cc4)[C@@H]2S3)cc1. The highest BCUT2D eigenvalue weighted by molar-refractivity contribution is 8.01. The molecule has 3 heterocycles. The summed E-state index contributed by atoms with van der Waals surface area (Å²) in [6, 6.07) is 27.5. The first-order valence-corrected chi connectivity index (χ1v) is 11.9. The topological polar surface area (TPSA) is 49.6 Å². The first kappa shape index (κ1) is 20.1. The number of aryl methyl sites for hydroxylation is 1. The lowest BCUT2D eigenvalue weighted by atomic mass is 10.0. The second-order valence-electron chi connectivity index (χ2n) is 8.60. The van der Waals surface area contributed by atoms with Crippen LogP contribution in [-0.2, 0) is 0 Å². The minimum Gasteiger partial charge on any atom is -0.378 e. The van der Waals surface area contributed by atoms with Gasteiger partial charge in [-0.2, -0.15) is 9.78 Å². The van der Waals surface area contributed by atoms with Crippen LogP contribution in [0, 0.1) is 6.92 Å². The molecule has 0 radical (unpaired) electrons. The number of hydrazone groups is 1. The van der Waals surface area contributed by atoms with Crippen molar-refractivity contribution in [2.75, 3.05) is 24.0 Å². The van der Waals surface area contributed by atoms with Crippen LogP contribution in [0.5, 0.6) is 0 Å². The minimum absolute atomic E-state index is 0.0648. The van der Waals surface area contributed by atoms with Gasteiger partial charge in [-0.1, -0.05) is 71.9 Å². The van der Waals surface area contributed by atoms with Crippen molar-refractivity contribution in [1.29, 1.82) is 0 Å². The summed E-state index contributed by atoms with van der Waals surface area (Å²) in [4.78, 5) is 6.96. The maximum Gasteiger partial charge on any atom is 0.193 e. The third-order valence-electron chi connectivity index (χ3n) is 6.12. The zero-order valence-corrected chi connectivity index (χ0v) is 19.6. The highest BCUT2D eigenvalue weighted by atomic mass is 32.2. The standard InChI is InChI=1S/C26H24N6S/c1-17-9-11-19(12-10-17)24-27-26-32(28-24)25-23(33-26)22(18-13-15-20(16-14-18)30(2)3)31(29-25)21-7-5-4-6-8-21/h4-16,22-23H,1-3H3/t22-,23-/m0/s1. The molecule has 0 spiro atoms. The van der Waals surface area contributed by atoms with Gasteiger partial charge < -0.3 is 4.90 Å². The Balaban J connectivity index is 1.40. The summed E-state index contributed by atoms with van der Waals surface area (Å²) in [5.74, 6) is 1.68. The average molecular weight is 453 g/mol. The number of hydrogen-bond acceptors (Lipinski definition) is 6. The Morgan fingerprint density at radius 1 is 0.879 bits per heavy atom. The van der Waals surface area contributed by atoms with Gasteiger partial charge in [0.1, 0.15) is 5.25 Å². The molecule has 4 aromatic rings. The average Bonchev–Trinajstić information content (AvgIpc) is 3.50. The number of aromatic nitrogens is 3. The second-order valence-corrected chi connectivity index (χ2v) is 9.71. The normalized spacial score (nSPS) is 18.8. The Labute approximate surface area is 197 Å². The molecule has 0 bridgehead atoms. The molecule has 3 aromatic carbocycles. The van der Waals surface area contributed by atoms with Crippen molar-refractivity contribution in [1.82, 2.24) is 14.8 Å². The van der Waals surface area contributed by atoms with Crippen molar-refractivity contribution in [2.24, 2.45) is 5.10 Å². The van der Waals surface area contributed by atoms with E-state index in [1.54, 1.807) is 11.8 Å². The third kappa shape index (κ3) is 3.40. The van der Waals surface area contributed by atoms with E-state index in [2.05, 4.69) is 104 Å². The maximum absolute atomic E-state index is 5.08. The number of para-hydroxylation sites is 1. The summed E-state index contributed by atoms with van der Waals surface area (Å²) in [6.07, 6.45) is 0. The summed E-state index contributed by atoms with van der Waals surface area (Å²) in [6.45, 7) is 2.08. The van der Waals surface area contributed by atoms with Gasteiger partial charge in [-0.3, -0.25) is 5.01 Å². The second kappa shape index (κ2) is 7.78. The summed E-state index contributed by atoms with van der Waals surface area (Å²) in [5.41, 5.74) is 5.73. The van der Waals surface area contributed by atoms with Crippen molar-refractivity contribution >= 4 is 29.0 Å². The Kier molecular flexibility index (Phi) is 4.73. The molecule has 0 amide bonds. The fraction of sp³-hybridized carbons (Fsp3) is 0.192. The monoisotopic (exact) mass is 452 g/mol. The Bertz CT molecular complexity index is 1330. The Hall–Kier alpha value is -3.58. The summed E-state index contributed by atoms with van der Waals surface area (Å²) in [5, 5.41) is 13.1. The fourth-order valence-electron chi connectivity index (χ4n) is 4.33. The summed E-state index contributed by atoms with van der Waals surface area (Å²) < 4.78 is 1.93. The molecule has 33 heavy (non-hydrogen) atoms. The fourth-order valence-corrected chi connectivity index (χ4v) is 5.58. The number of rotatable bonds is 4. The molecule has 0 fully saturated rings. The number of thioether (sulfide) groups is 1. The number of hydrogen-bond donors (Lipinski definition) is 0.